The van der Waals surface area contributed by atoms with Crippen LogP contribution in [0.5, 0.6) is 0 Å². The van der Waals surface area contributed by atoms with E-state index < -0.39 is 0 Å². The van der Waals surface area contributed by atoms with Gasteiger partial charge in [0.2, 0.25) is 0 Å². The Balaban J connectivity index is 1.54. The van der Waals surface area contributed by atoms with Gasteiger partial charge in [0.25, 0.3) is 5.91 Å². The van der Waals surface area contributed by atoms with E-state index >= 15 is 0 Å². The first-order valence-corrected chi connectivity index (χ1v) is 6.86. The van der Waals surface area contributed by atoms with Gasteiger partial charge in [-0.05, 0) is 37.0 Å². The molecule has 1 aromatic rings. The summed E-state index contributed by atoms with van der Waals surface area (Å²) in [5.74, 6) is 2.24. The zero-order valence-corrected chi connectivity index (χ0v) is 10.9. The molecule has 4 nitrogen and oxygen atoms in total. The Morgan fingerprint density at radius 1 is 1.33 bits per heavy atom. The fraction of sp³-hybridized carbons (Fsp3) is 0.615. The molecule has 96 valence electrons. The highest BCUT2D eigenvalue weighted by Crippen LogP contribution is 2.47. The summed E-state index contributed by atoms with van der Waals surface area (Å²) in [7, 11) is 0. The number of aromatic nitrogens is 2. The van der Waals surface area contributed by atoms with Crippen LogP contribution < -0.4 is 5.32 Å². The van der Waals surface area contributed by atoms with Gasteiger partial charge in [0.1, 0.15) is 10.8 Å². The molecule has 2 aliphatic rings. The molecule has 1 heterocycles. The average molecular weight is 266 g/mol. The Labute approximate surface area is 111 Å². The van der Waals surface area contributed by atoms with Crippen molar-refractivity contribution in [2.45, 2.75) is 25.7 Å². The summed E-state index contributed by atoms with van der Waals surface area (Å²) >= 11 is 5.63. The van der Waals surface area contributed by atoms with E-state index in [9.17, 15) is 4.79 Å². The average Bonchev–Trinajstić information content (AvgIpc) is 2.99. The molecule has 18 heavy (non-hydrogen) atoms. The van der Waals surface area contributed by atoms with E-state index in [1.807, 2.05) is 0 Å². The Kier molecular flexibility index (Phi) is 3.20. The quantitative estimate of drug-likeness (QED) is 0.912. The minimum absolute atomic E-state index is 0.151. The first-order chi connectivity index (χ1) is 8.72. The molecule has 0 radical (unpaired) electrons. The van der Waals surface area contributed by atoms with Gasteiger partial charge in [-0.2, -0.15) is 0 Å². The van der Waals surface area contributed by atoms with Gasteiger partial charge in [-0.25, -0.2) is 9.97 Å². The van der Waals surface area contributed by atoms with Crippen LogP contribution in [0, 0.1) is 17.8 Å². The lowest BCUT2D eigenvalue weighted by molar-refractivity contribution is 0.0936. The normalized spacial score (nSPS) is 29.5. The summed E-state index contributed by atoms with van der Waals surface area (Å²) in [6.07, 6.45) is 8.18. The predicted octanol–water partition coefficient (Wildman–Crippen LogP) is 2.30. The maximum Gasteiger partial charge on any atom is 0.271 e. The fourth-order valence-corrected chi connectivity index (χ4v) is 3.47. The SMILES string of the molecule is O=C(NCC1CC2CCC1C2)c1cnc(Cl)cn1. The summed E-state index contributed by atoms with van der Waals surface area (Å²) < 4.78 is 0. The van der Waals surface area contributed by atoms with Crippen molar-refractivity contribution < 1.29 is 4.79 Å². The van der Waals surface area contributed by atoms with Gasteiger partial charge in [0.15, 0.2) is 0 Å². The molecule has 2 bridgehead atoms. The summed E-state index contributed by atoms with van der Waals surface area (Å²) in [6, 6.07) is 0. The van der Waals surface area contributed by atoms with E-state index in [1.54, 1.807) is 0 Å². The third kappa shape index (κ3) is 2.34. The first-order valence-electron chi connectivity index (χ1n) is 6.48. The van der Waals surface area contributed by atoms with Crippen molar-refractivity contribution >= 4 is 17.5 Å². The number of rotatable bonds is 3. The van der Waals surface area contributed by atoms with Crippen molar-refractivity contribution in [3.63, 3.8) is 0 Å². The number of hydrogen-bond donors (Lipinski definition) is 1. The summed E-state index contributed by atoms with van der Waals surface area (Å²) in [6.45, 7) is 0.768. The molecule has 0 aromatic carbocycles. The first kappa shape index (κ1) is 11.9. The van der Waals surface area contributed by atoms with Crippen molar-refractivity contribution in [2.24, 2.45) is 17.8 Å². The Bertz CT molecular complexity index is 448. The van der Waals surface area contributed by atoms with Gasteiger partial charge in [-0.15, -0.1) is 0 Å². The Morgan fingerprint density at radius 2 is 2.22 bits per heavy atom. The van der Waals surface area contributed by atoms with Gasteiger partial charge in [-0.3, -0.25) is 4.79 Å². The molecule has 0 aliphatic heterocycles. The lowest BCUT2D eigenvalue weighted by Gasteiger charge is -2.21. The minimum Gasteiger partial charge on any atom is -0.350 e. The van der Waals surface area contributed by atoms with Crippen LogP contribution in [-0.2, 0) is 0 Å². The molecule has 3 atom stereocenters. The molecule has 3 rings (SSSR count). The minimum atomic E-state index is -0.151. The largest absolute Gasteiger partial charge is 0.350 e. The van der Waals surface area contributed by atoms with Crippen molar-refractivity contribution in [1.29, 1.82) is 0 Å². The van der Waals surface area contributed by atoms with E-state index in [4.69, 9.17) is 11.6 Å². The molecule has 5 heteroatoms. The smallest absolute Gasteiger partial charge is 0.271 e. The second-order valence-electron chi connectivity index (χ2n) is 5.37. The number of amides is 1. The molecule has 2 fully saturated rings. The number of nitrogens with one attached hydrogen (secondary N) is 1. The zero-order valence-electron chi connectivity index (χ0n) is 10.1. The van der Waals surface area contributed by atoms with Crippen LogP contribution in [0.25, 0.3) is 0 Å². The molecular formula is C13H16ClN3O. The van der Waals surface area contributed by atoms with Crippen LogP contribution in [0.15, 0.2) is 12.4 Å². The predicted molar refractivity (Wildman–Crippen MR) is 68.3 cm³/mol. The number of hydrogen-bond acceptors (Lipinski definition) is 3. The third-order valence-electron chi connectivity index (χ3n) is 4.26. The third-order valence-corrected chi connectivity index (χ3v) is 4.46. The van der Waals surface area contributed by atoms with Crippen LogP contribution >= 0.6 is 11.6 Å². The topological polar surface area (TPSA) is 54.9 Å². The van der Waals surface area contributed by atoms with Crippen LogP contribution in [0.4, 0.5) is 0 Å². The molecular weight excluding hydrogens is 250 g/mol. The van der Waals surface area contributed by atoms with Crippen molar-refractivity contribution in [2.75, 3.05) is 6.54 Å². The second-order valence-corrected chi connectivity index (χ2v) is 5.76. The fourth-order valence-electron chi connectivity index (χ4n) is 3.37. The second kappa shape index (κ2) is 4.84. The van der Waals surface area contributed by atoms with Gasteiger partial charge in [0.05, 0.1) is 12.4 Å². The Morgan fingerprint density at radius 3 is 2.83 bits per heavy atom. The van der Waals surface area contributed by atoms with E-state index in [1.165, 1.54) is 38.1 Å². The molecule has 2 aliphatic carbocycles. The maximum atomic E-state index is 11.9. The number of fused-ring (bicyclic) bond motifs is 2. The van der Waals surface area contributed by atoms with Crippen molar-refractivity contribution in [1.82, 2.24) is 15.3 Å². The number of carbonyl (C=O) groups excluding carboxylic acids is 1. The van der Waals surface area contributed by atoms with E-state index in [2.05, 4.69) is 15.3 Å². The number of nitrogens with zero attached hydrogens (tertiary/aromatic N) is 2. The van der Waals surface area contributed by atoms with Crippen molar-refractivity contribution in [3.8, 4) is 0 Å². The standard InChI is InChI=1S/C13H16ClN3O/c14-12-7-15-11(6-16-12)13(18)17-5-10-4-8-1-2-9(10)3-8/h6-10H,1-5H2,(H,17,18). The molecule has 0 saturated heterocycles. The lowest BCUT2D eigenvalue weighted by atomic mass is 9.89. The van der Waals surface area contributed by atoms with Crippen LogP contribution in [-0.4, -0.2) is 22.4 Å². The van der Waals surface area contributed by atoms with E-state index in [0.29, 0.717) is 16.8 Å². The molecule has 3 unspecified atom stereocenters. The van der Waals surface area contributed by atoms with Gasteiger partial charge < -0.3 is 5.32 Å². The summed E-state index contributed by atoms with van der Waals surface area (Å²) in [4.78, 5) is 19.7. The monoisotopic (exact) mass is 265 g/mol. The van der Waals surface area contributed by atoms with Crippen LogP contribution in [0.3, 0.4) is 0 Å². The molecule has 0 spiro atoms. The highest BCUT2D eigenvalue weighted by atomic mass is 35.5. The number of halogens is 1. The molecule has 1 N–H and O–H groups in total. The van der Waals surface area contributed by atoms with Crippen LogP contribution in [0.2, 0.25) is 5.15 Å². The highest BCUT2D eigenvalue weighted by molar-refractivity contribution is 6.29. The van der Waals surface area contributed by atoms with Gasteiger partial charge >= 0.3 is 0 Å². The summed E-state index contributed by atoms with van der Waals surface area (Å²) in [5, 5.41) is 3.27. The van der Waals surface area contributed by atoms with Crippen LogP contribution in [0.1, 0.15) is 36.2 Å². The number of carbonyl (C=O) groups is 1. The van der Waals surface area contributed by atoms with Gasteiger partial charge in [-0.1, -0.05) is 18.0 Å². The molecule has 1 aromatic heterocycles. The lowest BCUT2D eigenvalue weighted by Crippen LogP contribution is -2.32. The summed E-state index contributed by atoms with van der Waals surface area (Å²) in [5.41, 5.74) is 0.336. The zero-order chi connectivity index (χ0) is 12.5. The molecule has 2 saturated carbocycles. The Hall–Kier alpha value is -1.16. The highest BCUT2D eigenvalue weighted by Gasteiger charge is 2.39. The van der Waals surface area contributed by atoms with E-state index in [-0.39, 0.29) is 5.91 Å². The molecule has 1 amide bonds. The van der Waals surface area contributed by atoms with Gasteiger partial charge in [0, 0.05) is 6.54 Å². The maximum absolute atomic E-state index is 11.9. The van der Waals surface area contributed by atoms with Crippen molar-refractivity contribution in [3.05, 3.63) is 23.2 Å². The van der Waals surface area contributed by atoms with E-state index in [0.717, 1.165) is 18.4 Å².